The van der Waals surface area contributed by atoms with Crippen LogP contribution in [0.2, 0.25) is 0 Å². The van der Waals surface area contributed by atoms with Crippen molar-refractivity contribution in [1.29, 1.82) is 0 Å². The average Bonchev–Trinajstić information content (AvgIpc) is 2.92. The molecule has 1 aromatic carbocycles. The Bertz CT molecular complexity index is 496. The summed E-state index contributed by atoms with van der Waals surface area (Å²) in [6.07, 6.45) is 4.64. The molecule has 0 heterocycles. The van der Waals surface area contributed by atoms with Gasteiger partial charge in [0, 0.05) is 17.8 Å². The Labute approximate surface area is 126 Å². The second-order valence-electron chi connectivity index (χ2n) is 5.92. The number of nitrogen functional groups attached to an aromatic ring is 1. The van der Waals surface area contributed by atoms with Crippen LogP contribution < -0.4 is 21.1 Å². The van der Waals surface area contributed by atoms with Gasteiger partial charge in [0.25, 0.3) is 0 Å². The third-order valence-corrected chi connectivity index (χ3v) is 3.78. The Hall–Kier alpha value is -1.91. The van der Waals surface area contributed by atoms with E-state index in [4.69, 9.17) is 16.2 Å². The standard InChI is InChI=1S/C16H25N3O2/c1-11(2)21-15-9-13(7-8-14(15)17)19(10-16(18)20)12-5-3-4-6-12/h7-9,11-12H,3-6,10,17H2,1-2H3,(H2,18,20). The fraction of sp³-hybridized carbons (Fsp3) is 0.562. The van der Waals surface area contributed by atoms with Crippen molar-refractivity contribution >= 4 is 17.3 Å². The highest BCUT2D eigenvalue weighted by Gasteiger charge is 2.24. The highest BCUT2D eigenvalue weighted by atomic mass is 16.5. The maximum Gasteiger partial charge on any atom is 0.236 e. The van der Waals surface area contributed by atoms with Crippen LogP contribution in [0.5, 0.6) is 5.75 Å². The SMILES string of the molecule is CC(C)Oc1cc(N(CC(N)=O)C2CCCC2)ccc1N. The molecule has 5 heteroatoms. The molecule has 5 nitrogen and oxygen atoms in total. The molecule has 0 bridgehead atoms. The van der Waals surface area contributed by atoms with E-state index < -0.39 is 0 Å². The number of ether oxygens (including phenoxy) is 1. The van der Waals surface area contributed by atoms with Crippen LogP contribution in [-0.4, -0.2) is 24.6 Å². The number of benzene rings is 1. The van der Waals surface area contributed by atoms with E-state index in [1.165, 1.54) is 12.8 Å². The molecule has 116 valence electrons. The van der Waals surface area contributed by atoms with Gasteiger partial charge in [-0.2, -0.15) is 0 Å². The van der Waals surface area contributed by atoms with Crippen LogP contribution in [0.15, 0.2) is 18.2 Å². The molecule has 1 saturated carbocycles. The van der Waals surface area contributed by atoms with Gasteiger partial charge < -0.3 is 21.1 Å². The lowest BCUT2D eigenvalue weighted by Gasteiger charge is -2.30. The Morgan fingerprint density at radius 3 is 2.62 bits per heavy atom. The minimum atomic E-state index is -0.315. The van der Waals surface area contributed by atoms with Crippen LogP contribution >= 0.6 is 0 Å². The van der Waals surface area contributed by atoms with Crippen molar-refractivity contribution in [3.8, 4) is 5.75 Å². The summed E-state index contributed by atoms with van der Waals surface area (Å²) in [6.45, 7) is 4.16. The third kappa shape index (κ3) is 4.03. The molecule has 0 spiro atoms. The molecule has 1 aliphatic carbocycles. The van der Waals surface area contributed by atoms with E-state index in [9.17, 15) is 4.79 Å². The number of primary amides is 1. The molecular weight excluding hydrogens is 266 g/mol. The molecule has 0 aromatic heterocycles. The quantitative estimate of drug-likeness (QED) is 0.788. The van der Waals surface area contributed by atoms with Crippen LogP contribution in [-0.2, 0) is 4.79 Å². The lowest BCUT2D eigenvalue weighted by atomic mass is 10.1. The van der Waals surface area contributed by atoms with E-state index in [1.54, 1.807) is 0 Å². The second kappa shape index (κ2) is 6.70. The first-order chi connectivity index (χ1) is 9.97. The molecule has 0 saturated heterocycles. The van der Waals surface area contributed by atoms with Gasteiger partial charge in [0.05, 0.1) is 18.3 Å². The number of nitrogens with zero attached hydrogens (tertiary/aromatic N) is 1. The Kier molecular flexibility index (Phi) is 4.94. The summed E-state index contributed by atoms with van der Waals surface area (Å²) >= 11 is 0. The molecule has 2 rings (SSSR count). The molecular formula is C16H25N3O2. The van der Waals surface area contributed by atoms with Gasteiger partial charge in [-0.25, -0.2) is 0 Å². The molecule has 1 aromatic rings. The zero-order valence-corrected chi connectivity index (χ0v) is 12.8. The molecule has 0 aliphatic heterocycles. The largest absolute Gasteiger partial charge is 0.489 e. The minimum Gasteiger partial charge on any atom is -0.489 e. The van der Waals surface area contributed by atoms with Crippen molar-refractivity contribution in [3.05, 3.63) is 18.2 Å². The second-order valence-corrected chi connectivity index (χ2v) is 5.92. The highest BCUT2D eigenvalue weighted by molar-refractivity contribution is 5.80. The molecule has 21 heavy (non-hydrogen) atoms. The first kappa shape index (κ1) is 15.5. The van der Waals surface area contributed by atoms with Gasteiger partial charge in [-0.1, -0.05) is 12.8 Å². The van der Waals surface area contributed by atoms with Crippen molar-refractivity contribution in [2.45, 2.75) is 51.7 Å². The molecule has 1 amide bonds. The maximum atomic E-state index is 11.4. The molecule has 0 unspecified atom stereocenters. The van der Waals surface area contributed by atoms with Crippen LogP contribution in [0.1, 0.15) is 39.5 Å². The molecule has 4 N–H and O–H groups in total. The van der Waals surface area contributed by atoms with Crippen molar-refractivity contribution in [3.63, 3.8) is 0 Å². The number of hydrogen-bond donors (Lipinski definition) is 2. The first-order valence-electron chi connectivity index (χ1n) is 7.58. The summed E-state index contributed by atoms with van der Waals surface area (Å²) in [5, 5.41) is 0. The van der Waals surface area contributed by atoms with Crippen molar-refractivity contribution in [2.75, 3.05) is 17.2 Å². The Morgan fingerprint density at radius 1 is 1.38 bits per heavy atom. The summed E-state index contributed by atoms with van der Waals surface area (Å²) in [6, 6.07) is 6.05. The summed E-state index contributed by atoms with van der Waals surface area (Å²) < 4.78 is 5.74. The van der Waals surface area contributed by atoms with Crippen molar-refractivity contribution in [2.24, 2.45) is 5.73 Å². The van der Waals surface area contributed by atoms with E-state index in [2.05, 4.69) is 4.90 Å². The van der Waals surface area contributed by atoms with Crippen LogP contribution in [0.3, 0.4) is 0 Å². The van der Waals surface area contributed by atoms with Crippen molar-refractivity contribution in [1.82, 2.24) is 0 Å². The van der Waals surface area contributed by atoms with Crippen LogP contribution in [0.4, 0.5) is 11.4 Å². The summed E-state index contributed by atoms with van der Waals surface area (Å²) in [5.74, 6) is 0.347. The van der Waals surface area contributed by atoms with E-state index in [1.807, 2.05) is 32.0 Å². The third-order valence-electron chi connectivity index (χ3n) is 3.78. The molecule has 1 fully saturated rings. The predicted octanol–water partition coefficient (Wildman–Crippen LogP) is 2.29. The monoisotopic (exact) mass is 291 g/mol. The van der Waals surface area contributed by atoms with Gasteiger partial charge in [0.15, 0.2) is 0 Å². The molecule has 0 radical (unpaired) electrons. The van der Waals surface area contributed by atoms with Gasteiger partial charge in [-0.05, 0) is 38.8 Å². The zero-order chi connectivity index (χ0) is 15.4. The molecule has 1 aliphatic rings. The number of carbonyl (C=O) groups excluding carboxylic acids is 1. The number of nitrogens with two attached hydrogens (primary N) is 2. The minimum absolute atomic E-state index is 0.0543. The van der Waals surface area contributed by atoms with E-state index >= 15 is 0 Å². The Morgan fingerprint density at radius 2 is 2.05 bits per heavy atom. The Balaban J connectivity index is 2.28. The van der Waals surface area contributed by atoms with Crippen LogP contribution in [0, 0.1) is 0 Å². The van der Waals surface area contributed by atoms with Gasteiger partial charge in [0.1, 0.15) is 5.75 Å². The van der Waals surface area contributed by atoms with Gasteiger partial charge >= 0.3 is 0 Å². The van der Waals surface area contributed by atoms with E-state index in [0.717, 1.165) is 18.5 Å². The smallest absolute Gasteiger partial charge is 0.236 e. The highest BCUT2D eigenvalue weighted by Crippen LogP contribution is 2.33. The van der Waals surface area contributed by atoms with E-state index in [-0.39, 0.29) is 18.6 Å². The number of carbonyl (C=O) groups is 1. The van der Waals surface area contributed by atoms with Gasteiger partial charge in [0.2, 0.25) is 5.91 Å². The summed E-state index contributed by atoms with van der Waals surface area (Å²) in [5.41, 5.74) is 12.9. The fourth-order valence-corrected chi connectivity index (χ4v) is 2.87. The normalized spacial score (nSPS) is 15.4. The summed E-state index contributed by atoms with van der Waals surface area (Å²) in [4.78, 5) is 13.5. The van der Waals surface area contributed by atoms with Crippen LogP contribution in [0.25, 0.3) is 0 Å². The van der Waals surface area contributed by atoms with Crippen molar-refractivity contribution < 1.29 is 9.53 Å². The lowest BCUT2D eigenvalue weighted by molar-refractivity contribution is -0.116. The van der Waals surface area contributed by atoms with Gasteiger partial charge in [-0.15, -0.1) is 0 Å². The summed E-state index contributed by atoms with van der Waals surface area (Å²) in [7, 11) is 0. The average molecular weight is 291 g/mol. The number of amides is 1. The topological polar surface area (TPSA) is 81.6 Å². The lowest BCUT2D eigenvalue weighted by Crippen LogP contribution is -2.40. The predicted molar refractivity (Wildman–Crippen MR) is 85.4 cm³/mol. The zero-order valence-electron chi connectivity index (χ0n) is 12.8. The fourth-order valence-electron chi connectivity index (χ4n) is 2.87. The number of anilines is 2. The first-order valence-corrected chi connectivity index (χ1v) is 7.58. The number of hydrogen-bond acceptors (Lipinski definition) is 4. The van der Waals surface area contributed by atoms with Gasteiger partial charge in [-0.3, -0.25) is 4.79 Å². The number of rotatable bonds is 6. The molecule has 0 atom stereocenters. The maximum absolute atomic E-state index is 11.4. The van der Waals surface area contributed by atoms with E-state index in [0.29, 0.717) is 17.5 Å².